The van der Waals surface area contributed by atoms with E-state index in [0.29, 0.717) is 17.5 Å². The summed E-state index contributed by atoms with van der Waals surface area (Å²) in [4.78, 5) is 18.3. The molecule has 12 rings (SSSR count). The average molecular weight is 782 g/mol. The van der Waals surface area contributed by atoms with Gasteiger partial charge in [-0.2, -0.15) is 0 Å². The van der Waals surface area contributed by atoms with Crippen molar-refractivity contribution in [2.24, 2.45) is 0 Å². The second-order valence-electron chi connectivity index (χ2n) is 15.4. The molecule has 1 spiro atoms. The topological polar surface area (TPSA) is 38.7 Å². The van der Waals surface area contributed by atoms with E-state index in [1.165, 1.54) is 54.3 Å². The Morgan fingerprint density at radius 3 is 1.47 bits per heavy atom. The van der Waals surface area contributed by atoms with E-state index in [1.807, 2.05) is 30.0 Å². The second kappa shape index (κ2) is 13.9. The van der Waals surface area contributed by atoms with Crippen molar-refractivity contribution in [1.29, 1.82) is 0 Å². The summed E-state index contributed by atoms with van der Waals surface area (Å²) in [6, 6.07) is 76.2. The van der Waals surface area contributed by atoms with Crippen LogP contribution in [0.2, 0.25) is 0 Å². The highest BCUT2D eigenvalue weighted by Crippen LogP contribution is 2.62. The first kappa shape index (κ1) is 34.6. The molecule has 0 N–H and O–H groups in total. The fourth-order valence-corrected chi connectivity index (χ4v) is 10.9. The van der Waals surface area contributed by atoms with Crippen LogP contribution in [0, 0.1) is 0 Å². The lowest BCUT2D eigenvalue weighted by Crippen LogP contribution is -2.31. The van der Waals surface area contributed by atoms with Gasteiger partial charge in [-0.25, -0.2) is 15.0 Å². The number of hydrogen-bond donors (Lipinski definition) is 0. The second-order valence-corrected chi connectivity index (χ2v) is 16.5. The summed E-state index contributed by atoms with van der Waals surface area (Å²) in [6.45, 7) is 0. The Morgan fingerprint density at radius 2 is 0.767 bits per heavy atom. The van der Waals surface area contributed by atoms with Crippen molar-refractivity contribution in [2.45, 2.75) is 15.2 Å². The smallest absolute Gasteiger partial charge is 0.164 e. The number of hydrogen-bond acceptors (Lipinski definition) is 4. The van der Waals surface area contributed by atoms with Gasteiger partial charge in [0, 0.05) is 26.5 Å². The molecule has 1 aliphatic carbocycles. The third-order valence-electron chi connectivity index (χ3n) is 12.2. The number of rotatable bonds is 5. The van der Waals surface area contributed by atoms with E-state index in [2.05, 4.69) is 194 Å². The molecule has 2 heterocycles. The summed E-state index contributed by atoms with van der Waals surface area (Å²) in [5.74, 6) is 1.92. The molecule has 1 aromatic heterocycles. The number of fused-ring (bicyclic) bond motifs is 10. The molecular weight excluding hydrogens is 747 g/mol. The van der Waals surface area contributed by atoms with Gasteiger partial charge in [0.1, 0.15) is 0 Å². The molecule has 0 saturated carbocycles. The Kier molecular flexibility index (Phi) is 8.00. The van der Waals surface area contributed by atoms with Gasteiger partial charge in [-0.3, -0.25) is 0 Å². The molecule has 1 aliphatic heterocycles. The molecule has 280 valence electrons. The zero-order chi connectivity index (χ0) is 39.6. The van der Waals surface area contributed by atoms with Crippen molar-refractivity contribution in [1.82, 2.24) is 15.0 Å². The first-order valence-electron chi connectivity index (χ1n) is 20.4. The predicted molar refractivity (Wildman–Crippen MR) is 246 cm³/mol. The summed E-state index contributed by atoms with van der Waals surface area (Å²) < 4.78 is 0. The average Bonchev–Trinajstić information content (AvgIpc) is 3.62. The van der Waals surface area contributed by atoms with Crippen molar-refractivity contribution in [2.75, 3.05) is 0 Å². The van der Waals surface area contributed by atoms with Gasteiger partial charge in [0.2, 0.25) is 0 Å². The van der Waals surface area contributed by atoms with Crippen LogP contribution in [0.25, 0.3) is 78.3 Å². The lowest BCUT2D eigenvalue weighted by molar-refractivity contribution is 0.722. The molecule has 0 unspecified atom stereocenters. The van der Waals surface area contributed by atoms with Gasteiger partial charge < -0.3 is 0 Å². The predicted octanol–water partition coefficient (Wildman–Crippen LogP) is 14.2. The number of nitrogens with zero attached hydrogens (tertiary/aromatic N) is 3. The molecule has 60 heavy (non-hydrogen) atoms. The molecule has 4 heteroatoms. The molecule has 2 aliphatic rings. The fourth-order valence-electron chi connectivity index (χ4n) is 9.66. The first-order chi connectivity index (χ1) is 29.8. The summed E-state index contributed by atoms with van der Waals surface area (Å²) in [7, 11) is 0. The van der Waals surface area contributed by atoms with Crippen LogP contribution < -0.4 is 0 Å². The van der Waals surface area contributed by atoms with Crippen molar-refractivity contribution < 1.29 is 0 Å². The Hall–Kier alpha value is -7.40. The van der Waals surface area contributed by atoms with Crippen molar-refractivity contribution >= 4 is 22.5 Å². The minimum atomic E-state index is -0.422. The molecule has 0 atom stereocenters. The molecule has 0 bridgehead atoms. The fraction of sp³-hybridized carbons (Fsp3) is 0.0179. The van der Waals surface area contributed by atoms with Gasteiger partial charge in [-0.15, -0.1) is 0 Å². The zero-order valence-electron chi connectivity index (χ0n) is 32.5. The maximum Gasteiger partial charge on any atom is 0.164 e. The third-order valence-corrected chi connectivity index (χ3v) is 13.4. The van der Waals surface area contributed by atoms with E-state index < -0.39 is 5.41 Å². The van der Waals surface area contributed by atoms with Gasteiger partial charge in [-0.05, 0) is 84.6 Å². The van der Waals surface area contributed by atoms with Crippen molar-refractivity contribution in [3.8, 4) is 67.5 Å². The summed E-state index contributed by atoms with van der Waals surface area (Å²) >= 11 is 1.86. The Balaban J connectivity index is 1.05. The Bertz CT molecular complexity index is 3260. The van der Waals surface area contributed by atoms with Crippen LogP contribution in [-0.2, 0) is 5.41 Å². The van der Waals surface area contributed by atoms with Gasteiger partial charge in [0.05, 0.1) is 5.41 Å². The van der Waals surface area contributed by atoms with Crippen LogP contribution in [0.4, 0.5) is 0 Å². The van der Waals surface area contributed by atoms with E-state index in [0.717, 1.165) is 38.6 Å². The molecule has 0 amide bonds. The van der Waals surface area contributed by atoms with E-state index in [-0.39, 0.29) is 0 Å². The van der Waals surface area contributed by atoms with E-state index in [4.69, 9.17) is 15.0 Å². The monoisotopic (exact) mass is 781 g/mol. The van der Waals surface area contributed by atoms with Gasteiger partial charge >= 0.3 is 0 Å². The Morgan fingerprint density at radius 1 is 0.283 bits per heavy atom. The summed E-state index contributed by atoms with van der Waals surface area (Å²) in [5, 5.41) is 2.25. The molecule has 0 radical (unpaired) electrons. The van der Waals surface area contributed by atoms with Gasteiger partial charge in [0.15, 0.2) is 17.5 Å². The third kappa shape index (κ3) is 5.28. The van der Waals surface area contributed by atoms with Gasteiger partial charge in [-0.1, -0.05) is 206 Å². The van der Waals surface area contributed by atoms with Crippen LogP contribution >= 0.6 is 11.8 Å². The lowest BCUT2D eigenvalue weighted by atomic mass is 9.67. The quantitative estimate of drug-likeness (QED) is 0.174. The van der Waals surface area contributed by atoms with Crippen molar-refractivity contribution in [3.63, 3.8) is 0 Å². The largest absolute Gasteiger partial charge is 0.208 e. The minimum Gasteiger partial charge on any atom is -0.208 e. The maximum absolute atomic E-state index is 5.34. The maximum atomic E-state index is 5.34. The summed E-state index contributed by atoms with van der Waals surface area (Å²) in [6.07, 6.45) is 0. The van der Waals surface area contributed by atoms with Crippen LogP contribution in [0.15, 0.2) is 222 Å². The molecule has 0 saturated heterocycles. The van der Waals surface area contributed by atoms with Crippen LogP contribution in [0.1, 0.15) is 22.3 Å². The normalized spacial score (nSPS) is 13.1. The number of benzene rings is 9. The molecular formula is C56H35N3S. The van der Waals surface area contributed by atoms with E-state index in [1.54, 1.807) is 0 Å². The molecule has 9 aromatic carbocycles. The van der Waals surface area contributed by atoms with E-state index in [9.17, 15) is 0 Å². The number of aromatic nitrogens is 3. The van der Waals surface area contributed by atoms with E-state index >= 15 is 0 Å². The highest BCUT2D eigenvalue weighted by atomic mass is 32.2. The van der Waals surface area contributed by atoms with Crippen LogP contribution in [0.3, 0.4) is 0 Å². The molecule has 0 fully saturated rings. The highest BCUT2D eigenvalue weighted by molar-refractivity contribution is 7.99. The first-order valence-corrected chi connectivity index (χ1v) is 21.2. The molecule has 3 nitrogen and oxygen atoms in total. The zero-order valence-corrected chi connectivity index (χ0v) is 33.3. The minimum absolute atomic E-state index is 0.422. The summed E-state index contributed by atoms with van der Waals surface area (Å²) in [5.41, 5.74) is 14.9. The van der Waals surface area contributed by atoms with Crippen LogP contribution in [0.5, 0.6) is 0 Å². The lowest BCUT2D eigenvalue weighted by Gasteiger charge is -2.39. The van der Waals surface area contributed by atoms with Crippen molar-refractivity contribution in [3.05, 3.63) is 235 Å². The van der Waals surface area contributed by atoms with Gasteiger partial charge in [0.25, 0.3) is 0 Å². The Labute approximate surface area is 353 Å². The molecule has 10 aromatic rings. The highest BCUT2D eigenvalue weighted by Gasteiger charge is 2.50. The SMILES string of the molecule is c1ccc(-c2nc(-c3ccccc3-c3ccc4c(c3)Sc3ccccc3C43c4ccccc4-c4ccccc43)nc(-c3ccc(-c4ccccc4)c4ccccc34)n2)cc1. The van der Waals surface area contributed by atoms with Crippen LogP contribution in [-0.4, -0.2) is 15.0 Å². The standard InChI is InChI=1S/C56H35N3S/c1-3-17-36(18-4-1)40-32-33-46(42-23-9-8-22-41(40)42)55-58-53(37-19-5-2-6-20-37)57-54(59-55)45-26-10-7-21-39(45)38-31-34-50-52(35-38)60-51-30-16-15-29-49(51)56(50)47-27-13-11-24-43(47)44-25-12-14-28-48(44)56/h1-35H.